The first kappa shape index (κ1) is 10.7. The number of methoxy groups -OCH3 is 1. The van der Waals surface area contributed by atoms with Gasteiger partial charge in [0.1, 0.15) is 0 Å². The lowest BCUT2D eigenvalue weighted by atomic mass is 10.2. The summed E-state index contributed by atoms with van der Waals surface area (Å²) in [5.74, 6) is 1.10. The lowest BCUT2D eigenvalue weighted by molar-refractivity contribution is 0.397. The zero-order valence-corrected chi connectivity index (χ0v) is 8.53. The van der Waals surface area contributed by atoms with Crippen molar-refractivity contribution in [2.24, 2.45) is 5.73 Å². The van der Waals surface area contributed by atoms with Crippen molar-refractivity contribution in [2.75, 3.05) is 19.0 Å². The summed E-state index contributed by atoms with van der Waals surface area (Å²) in [6.07, 6.45) is 2.57. The summed E-state index contributed by atoms with van der Waals surface area (Å²) in [4.78, 5) is 8.13. The van der Waals surface area contributed by atoms with E-state index in [4.69, 9.17) is 10.5 Å². The highest BCUT2D eigenvalue weighted by atomic mass is 16.5. The van der Waals surface area contributed by atoms with Crippen LogP contribution >= 0.6 is 0 Å². The molecule has 1 rings (SSSR count). The van der Waals surface area contributed by atoms with E-state index in [1.165, 1.54) is 0 Å². The van der Waals surface area contributed by atoms with Gasteiger partial charge in [-0.3, -0.25) is 0 Å². The van der Waals surface area contributed by atoms with Gasteiger partial charge in [0.05, 0.1) is 7.11 Å². The average Bonchev–Trinajstić information content (AvgIpc) is 2.26. The third-order valence-electron chi connectivity index (χ3n) is 1.89. The van der Waals surface area contributed by atoms with Gasteiger partial charge >= 0.3 is 0 Å². The quantitative estimate of drug-likeness (QED) is 0.722. The molecule has 0 aliphatic rings. The fourth-order valence-electron chi connectivity index (χ4n) is 0.908. The Bertz CT molecular complexity index is 279. The molecule has 0 fully saturated rings. The van der Waals surface area contributed by atoms with Gasteiger partial charge in [-0.15, -0.1) is 0 Å². The lowest BCUT2D eigenvalue weighted by Crippen LogP contribution is -2.28. The highest BCUT2D eigenvalue weighted by molar-refractivity contribution is 5.27. The van der Waals surface area contributed by atoms with Crippen molar-refractivity contribution < 1.29 is 4.74 Å². The molecule has 14 heavy (non-hydrogen) atoms. The van der Waals surface area contributed by atoms with Crippen molar-refractivity contribution in [3.63, 3.8) is 0 Å². The monoisotopic (exact) mass is 196 g/mol. The Morgan fingerprint density at radius 3 is 3.07 bits per heavy atom. The van der Waals surface area contributed by atoms with Crippen LogP contribution in [0.15, 0.2) is 12.3 Å². The summed E-state index contributed by atoms with van der Waals surface area (Å²) >= 11 is 0. The highest BCUT2D eigenvalue weighted by Gasteiger charge is 2.01. The molecule has 78 valence electrons. The Morgan fingerprint density at radius 2 is 2.43 bits per heavy atom. The molecular formula is C9H16N4O. The molecule has 0 saturated carbocycles. The molecule has 0 aliphatic heterocycles. The third kappa shape index (κ3) is 3.18. The second kappa shape index (κ2) is 5.39. The van der Waals surface area contributed by atoms with E-state index in [9.17, 15) is 0 Å². The summed E-state index contributed by atoms with van der Waals surface area (Å²) in [6, 6.07) is 1.83. The number of aromatic nitrogens is 2. The van der Waals surface area contributed by atoms with Crippen LogP contribution in [0.25, 0.3) is 0 Å². The standard InChI is InChI=1S/C9H16N4O/c1-3-7(10)6-12-9-11-5-4-8(13-9)14-2/h4-5,7H,3,6,10H2,1-2H3,(H,11,12,13). The minimum Gasteiger partial charge on any atom is -0.481 e. The molecule has 0 aliphatic carbocycles. The van der Waals surface area contributed by atoms with Gasteiger partial charge in [0.25, 0.3) is 0 Å². The van der Waals surface area contributed by atoms with Crippen LogP contribution in [-0.2, 0) is 0 Å². The van der Waals surface area contributed by atoms with Crippen LogP contribution in [0.2, 0.25) is 0 Å². The first-order chi connectivity index (χ1) is 6.76. The first-order valence-corrected chi connectivity index (χ1v) is 4.62. The Morgan fingerprint density at radius 1 is 1.64 bits per heavy atom. The van der Waals surface area contributed by atoms with E-state index < -0.39 is 0 Å². The van der Waals surface area contributed by atoms with Gasteiger partial charge in [-0.05, 0) is 6.42 Å². The van der Waals surface area contributed by atoms with E-state index >= 15 is 0 Å². The molecule has 0 amide bonds. The van der Waals surface area contributed by atoms with Gasteiger partial charge in [-0.2, -0.15) is 4.98 Å². The maximum atomic E-state index is 5.74. The summed E-state index contributed by atoms with van der Waals surface area (Å²) in [6.45, 7) is 2.71. The van der Waals surface area contributed by atoms with E-state index in [0.29, 0.717) is 18.4 Å². The fourth-order valence-corrected chi connectivity index (χ4v) is 0.908. The predicted octanol–water partition coefficient (Wildman–Crippen LogP) is 0.634. The SMILES string of the molecule is CCC(N)CNc1nccc(OC)n1. The second-order valence-electron chi connectivity index (χ2n) is 2.97. The van der Waals surface area contributed by atoms with E-state index in [0.717, 1.165) is 6.42 Å². The number of rotatable bonds is 5. The predicted molar refractivity (Wildman–Crippen MR) is 55.3 cm³/mol. The number of nitrogens with zero attached hydrogens (tertiary/aromatic N) is 2. The van der Waals surface area contributed by atoms with Crippen molar-refractivity contribution in [3.8, 4) is 5.88 Å². The van der Waals surface area contributed by atoms with Gasteiger partial charge in [-0.25, -0.2) is 4.98 Å². The van der Waals surface area contributed by atoms with Crippen molar-refractivity contribution in [1.29, 1.82) is 0 Å². The highest BCUT2D eigenvalue weighted by Crippen LogP contribution is 2.06. The van der Waals surface area contributed by atoms with Crippen LogP contribution in [0.4, 0.5) is 5.95 Å². The van der Waals surface area contributed by atoms with E-state index in [1.54, 1.807) is 19.4 Å². The topological polar surface area (TPSA) is 73.1 Å². The summed E-state index contributed by atoms with van der Waals surface area (Å²) < 4.78 is 4.97. The average molecular weight is 196 g/mol. The van der Waals surface area contributed by atoms with Gasteiger partial charge in [0.2, 0.25) is 11.8 Å². The fraction of sp³-hybridized carbons (Fsp3) is 0.556. The lowest BCUT2D eigenvalue weighted by Gasteiger charge is -2.10. The Kier molecular flexibility index (Phi) is 4.12. The van der Waals surface area contributed by atoms with E-state index in [-0.39, 0.29) is 6.04 Å². The molecule has 5 nitrogen and oxygen atoms in total. The van der Waals surface area contributed by atoms with Crippen molar-refractivity contribution in [3.05, 3.63) is 12.3 Å². The molecule has 0 saturated heterocycles. The minimum atomic E-state index is 0.129. The van der Waals surface area contributed by atoms with Crippen molar-refractivity contribution >= 4 is 5.95 Å². The molecule has 0 bridgehead atoms. The molecule has 1 aromatic rings. The van der Waals surface area contributed by atoms with Gasteiger partial charge < -0.3 is 15.8 Å². The van der Waals surface area contributed by atoms with Crippen LogP contribution < -0.4 is 15.8 Å². The third-order valence-corrected chi connectivity index (χ3v) is 1.89. The first-order valence-electron chi connectivity index (χ1n) is 4.62. The smallest absolute Gasteiger partial charge is 0.225 e. The van der Waals surface area contributed by atoms with Crippen LogP contribution in [0.5, 0.6) is 5.88 Å². The maximum Gasteiger partial charge on any atom is 0.225 e. The molecule has 0 spiro atoms. The number of nitrogens with one attached hydrogen (secondary N) is 1. The molecule has 5 heteroatoms. The van der Waals surface area contributed by atoms with Crippen LogP contribution in [0, 0.1) is 0 Å². The van der Waals surface area contributed by atoms with Crippen LogP contribution in [-0.4, -0.2) is 29.7 Å². The molecular weight excluding hydrogens is 180 g/mol. The normalized spacial score (nSPS) is 12.2. The zero-order chi connectivity index (χ0) is 10.4. The van der Waals surface area contributed by atoms with Gasteiger partial charge in [0.15, 0.2) is 0 Å². The number of ether oxygens (including phenoxy) is 1. The van der Waals surface area contributed by atoms with Gasteiger partial charge in [0, 0.05) is 24.8 Å². The molecule has 1 atom stereocenters. The summed E-state index contributed by atoms with van der Waals surface area (Å²) in [5, 5.41) is 3.04. The number of hydrogen-bond donors (Lipinski definition) is 2. The Labute approximate surface area is 83.7 Å². The van der Waals surface area contributed by atoms with E-state index in [1.807, 2.05) is 6.92 Å². The maximum absolute atomic E-state index is 5.74. The molecule has 1 unspecified atom stereocenters. The van der Waals surface area contributed by atoms with Gasteiger partial charge in [-0.1, -0.05) is 6.92 Å². The summed E-state index contributed by atoms with van der Waals surface area (Å²) in [5.41, 5.74) is 5.74. The Hall–Kier alpha value is -1.36. The van der Waals surface area contributed by atoms with Crippen molar-refractivity contribution in [1.82, 2.24) is 9.97 Å². The molecule has 3 N–H and O–H groups in total. The molecule has 1 aromatic heterocycles. The largest absolute Gasteiger partial charge is 0.481 e. The molecule has 0 radical (unpaired) electrons. The number of nitrogens with two attached hydrogens (primary N) is 1. The number of hydrogen-bond acceptors (Lipinski definition) is 5. The van der Waals surface area contributed by atoms with E-state index in [2.05, 4.69) is 15.3 Å². The molecule has 1 heterocycles. The van der Waals surface area contributed by atoms with Crippen molar-refractivity contribution in [2.45, 2.75) is 19.4 Å². The second-order valence-corrected chi connectivity index (χ2v) is 2.97. The number of anilines is 1. The van der Waals surface area contributed by atoms with Crippen LogP contribution in [0.1, 0.15) is 13.3 Å². The van der Waals surface area contributed by atoms with Crippen LogP contribution in [0.3, 0.4) is 0 Å². The zero-order valence-electron chi connectivity index (χ0n) is 8.53. The Balaban J connectivity index is 2.50. The molecule has 0 aromatic carbocycles. The minimum absolute atomic E-state index is 0.129. The summed E-state index contributed by atoms with van der Waals surface area (Å²) in [7, 11) is 1.57.